The van der Waals surface area contributed by atoms with E-state index in [1.807, 2.05) is 12.1 Å². The van der Waals surface area contributed by atoms with Crippen LogP contribution in [0.1, 0.15) is 6.92 Å². The lowest BCUT2D eigenvalue weighted by molar-refractivity contribution is -0.114. The van der Waals surface area contributed by atoms with Crippen molar-refractivity contribution >= 4 is 52.8 Å². The van der Waals surface area contributed by atoms with Gasteiger partial charge < -0.3 is 5.32 Å². The Morgan fingerprint density at radius 1 is 1.25 bits per heavy atom. The lowest BCUT2D eigenvalue weighted by atomic mass is 10.3. The number of rotatable bonds is 1. The molecule has 1 aromatic rings. The van der Waals surface area contributed by atoms with Gasteiger partial charge in [0, 0.05) is 28.3 Å². The van der Waals surface area contributed by atoms with Crippen LogP contribution in [-0.4, -0.2) is 14.3 Å². The van der Waals surface area contributed by atoms with Crippen molar-refractivity contribution in [2.75, 3.05) is 5.32 Å². The minimum absolute atomic E-state index is 0.113. The molecule has 1 N–H and O–H groups in total. The number of para-hydroxylation sites is 1. The number of amides is 1. The minimum Gasteiger partial charge on any atom is -0.325 e. The Morgan fingerprint density at radius 2 is 1.69 bits per heavy atom. The standard InChI is InChI=1S/C8H8ClNO.Cl2O2S/c1-6(11)10-8-5-3-2-4-7(8)9;1-5(2,3)4/h2-5H,1H3,(H,10,11);. The summed E-state index contributed by atoms with van der Waals surface area (Å²) in [7, 11) is 4.81. The van der Waals surface area contributed by atoms with E-state index in [1.54, 1.807) is 12.1 Å². The molecule has 0 heterocycles. The van der Waals surface area contributed by atoms with Gasteiger partial charge in [0.2, 0.25) is 5.91 Å². The summed E-state index contributed by atoms with van der Waals surface area (Å²) in [6, 6.07) is 7.11. The summed E-state index contributed by atoms with van der Waals surface area (Å²) in [5, 5.41) is 3.16. The average Bonchev–Trinajstić information content (AvgIpc) is 2.05. The van der Waals surface area contributed by atoms with Crippen molar-refractivity contribution in [3.8, 4) is 0 Å². The molecule has 0 atom stereocenters. The summed E-state index contributed by atoms with van der Waals surface area (Å²) in [4.78, 5) is 10.6. The van der Waals surface area contributed by atoms with Crippen LogP contribution in [0.4, 0.5) is 5.69 Å². The zero-order chi connectivity index (χ0) is 12.8. The van der Waals surface area contributed by atoms with Crippen LogP contribution in [0, 0.1) is 0 Å². The van der Waals surface area contributed by atoms with E-state index in [2.05, 4.69) is 26.7 Å². The van der Waals surface area contributed by atoms with Gasteiger partial charge in [0.1, 0.15) is 0 Å². The van der Waals surface area contributed by atoms with Gasteiger partial charge in [0.05, 0.1) is 10.7 Å². The van der Waals surface area contributed by atoms with Crippen LogP contribution < -0.4 is 5.32 Å². The molecule has 0 aromatic heterocycles. The van der Waals surface area contributed by atoms with Crippen molar-refractivity contribution < 1.29 is 13.2 Å². The summed E-state index contributed by atoms with van der Waals surface area (Å²) in [5.74, 6) is -0.113. The maximum absolute atomic E-state index is 10.6. The molecule has 90 valence electrons. The summed E-state index contributed by atoms with van der Waals surface area (Å²) in [5.41, 5.74) is 0.654. The highest BCUT2D eigenvalue weighted by atomic mass is 36.0. The lowest BCUT2D eigenvalue weighted by Crippen LogP contribution is -2.05. The molecule has 1 aromatic carbocycles. The van der Waals surface area contributed by atoms with Gasteiger partial charge in [0.25, 0.3) is 0 Å². The third-order valence-electron chi connectivity index (χ3n) is 1.18. The first-order valence-electron chi connectivity index (χ1n) is 3.86. The highest BCUT2D eigenvalue weighted by Gasteiger charge is 1.98. The third kappa shape index (κ3) is 10.0. The molecule has 0 aliphatic rings. The second-order valence-electron chi connectivity index (χ2n) is 2.54. The molecule has 4 nitrogen and oxygen atoms in total. The molecule has 0 unspecified atom stereocenters. The van der Waals surface area contributed by atoms with E-state index < -0.39 is 8.26 Å². The number of halogens is 3. The first-order chi connectivity index (χ1) is 7.20. The van der Waals surface area contributed by atoms with E-state index in [0.717, 1.165) is 0 Å². The molecule has 0 spiro atoms. The first kappa shape index (κ1) is 15.5. The molecular weight excluding hydrogens is 297 g/mol. The van der Waals surface area contributed by atoms with Crippen LogP contribution in [-0.2, 0) is 13.1 Å². The molecule has 0 saturated carbocycles. The van der Waals surface area contributed by atoms with Crippen LogP contribution in [0.5, 0.6) is 0 Å². The number of benzene rings is 1. The molecular formula is C8H8Cl3NO3S. The maximum Gasteiger partial charge on any atom is 0.317 e. The van der Waals surface area contributed by atoms with Crippen molar-refractivity contribution in [2.45, 2.75) is 6.92 Å². The van der Waals surface area contributed by atoms with Gasteiger partial charge in [-0.25, -0.2) is 0 Å². The molecule has 1 rings (SSSR count). The van der Waals surface area contributed by atoms with Crippen molar-refractivity contribution in [3.63, 3.8) is 0 Å². The number of nitrogens with one attached hydrogen (secondary N) is 1. The van der Waals surface area contributed by atoms with Crippen molar-refractivity contribution in [2.24, 2.45) is 0 Å². The highest BCUT2D eigenvalue weighted by molar-refractivity contribution is 8.31. The van der Waals surface area contributed by atoms with Crippen molar-refractivity contribution in [3.05, 3.63) is 29.3 Å². The Balaban J connectivity index is 0.000000385. The molecule has 0 aliphatic carbocycles. The summed E-state index contributed by atoms with van der Waals surface area (Å²) in [6.07, 6.45) is 0. The highest BCUT2D eigenvalue weighted by Crippen LogP contribution is 2.19. The van der Waals surface area contributed by atoms with E-state index in [1.165, 1.54) is 6.92 Å². The Kier molecular flexibility index (Phi) is 6.74. The predicted molar refractivity (Wildman–Crippen MR) is 66.4 cm³/mol. The number of carbonyl (C=O) groups excluding carboxylic acids is 1. The van der Waals surface area contributed by atoms with E-state index in [0.29, 0.717) is 10.7 Å². The van der Waals surface area contributed by atoms with Crippen LogP contribution in [0.3, 0.4) is 0 Å². The van der Waals surface area contributed by atoms with Crippen LogP contribution in [0.15, 0.2) is 24.3 Å². The molecule has 0 bridgehead atoms. The lowest BCUT2D eigenvalue weighted by Gasteiger charge is -2.02. The summed E-state index contributed by atoms with van der Waals surface area (Å²) < 4.78 is 18.3. The zero-order valence-corrected chi connectivity index (χ0v) is 11.2. The van der Waals surface area contributed by atoms with Crippen molar-refractivity contribution in [1.29, 1.82) is 0 Å². The normalized spacial score (nSPS) is 10.0. The quantitative estimate of drug-likeness (QED) is 0.811. The van der Waals surface area contributed by atoms with Crippen LogP contribution in [0.25, 0.3) is 0 Å². The Hall–Kier alpha value is -0.490. The first-order valence-corrected chi connectivity index (χ1v) is 7.38. The molecule has 0 aliphatic heterocycles. The Bertz CT molecular complexity index is 453. The Labute approximate surface area is 107 Å². The molecule has 0 saturated heterocycles. The number of carbonyl (C=O) groups is 1. The van der Waals surface area contributed by atoms with Gasteiger partial charge in [-0.2, -0.15) is 8.42 Å². The molecule has 1 amide bonds. The van der Waals surface area contributed by atoms with Gasteiger partial charge in [0.15, 0.2) is 0 Å². The van der Waals surface area contributed by atoms with Gasteiger partial charge in [-0.15, -0.1) is 0 Å². The number of anilines is 1. The van der Waals surface area contributed by atoms with Gasteiger partial charge in [-0.3, -0.25) is 4.79 Å². The van der Waals surface area contributed by atoms with Gasteiger partial charge in [-0.05, 0) is 12.1 Å². The van der Waals surface area contributed by atoms with Crippen LogP contribution in [0.2, 0.25) is 5.02 Å². The molecule has 8 heteroatoms. The average molecular weight is 305 g/mol. The SMILES string of the molecule is CC(=O)Nc1ccccc1Cl.O=S(=O)(Cl)Cl. The van der Waals surface area contributed by atoms with Crippen LogP contribution >= 0.6 is 33.0 Å². The molecule has 0 radical (unpaired) electrons. The molecule has 16 heavy (non-hydrogen) atoms. The predicted octanol–water partition coefficient (Wildman–Crippen LogP) is 3.01. The fraction of sp³-hybridized carbons (Fsp3) is 0.125. The topological polar surface area (TPSA) is 63.2 Å². The van der Waals surface area contributed by atoms with E-state index in [4.69, 9.17) is 20.0 Å². The smallest absolute Gasteiger partial charge is 0.317 e. The monoisotopic (exact) mass is 303 g/mol. The summed E-state index contributed by atoms with van der Waals surface area (Å²) in [6.45, 7) is 1.45. The van der Waals surface area contributed by atoms with Gasteiger partial charge >= 0.3 is 8.26 Å². The van der Waals surface area contributed by atoms with E-state index >= 15 is 0 Å². The summed E-state index contributed by atoms with van der Waals surface area (Å²) >= 11 is 5.75. The minimum atomic E-state index is -3.72. The Morgan fingerprint density at radius 3 is 2.06 bits per heavy atom. The fourth-order valence-corrected chi connectivity index (χ4v) is 0.935. The van der Waals surface area contributed by atoms with Gasteiger partial charge in [-0.1, -0.05) is 23.7 Å². The fourth-order valence-electron chi connectivity index (χ4n) is 0.752. The maximum atomic E-state index is 10.6. The largest absolute Gasteiger partial charge is 0.325 e. The van der Waals surface area contributed by atoms with Crippen molar-refractivity contribution in [1.82, 2.24) is 0 Å². The second kappa shape index (κ2) is 6.96. The van der Waals surface area contributed by atoms with E-state index in [9.17, 15) is 4.79 Å². The third-order valence-corrected chi connectivity index (χ3v) is 1.51. The number of hydrogen-bond acceptors (Lipinski definition) is 3. The zero-order valence-electron chi connectivity index (χ0n) is 8.08. The van der Waals surface area contributed by atoms with E-state index in [-0.39, 0.29) is 5.91 Å². The number of hydrogen-bond donors (Lipinski definition) is 1. The molecule has 0 fully saturated rings. The second-order valence-corrected chi connectivity index (χ2v) is 6.61.